The molecule has 0 radical (unpaired) electrons. The van der Waals surface area contributed by atoms with E-state index in [-0.39, 0.29) is 17.4 Å². The Morgan fingerprint density at radius 1 is 1.27 bits per heavy atom. The molecule has 3 heterocycles. The first-order valence-corrected chi connectivity index (χ1v) is 7.45. The minimum atomic E-state index is -4.55. The highest BCUT2D eigenvalue weighted by Gasteiger charge is 2.39. The van der Waals surface area contributed by atoms with Crippen molar-refractivity contribution in [2.24, 2.45) is 0 Å². The lowest BCUT2D eigenvalue weighted by Crippen LogP contribution is -2.47. The van der Waals surface area contributed by atoms with Gasteiger partial charge in [0.25, 0.3) is 0 Å². The topological polar surface area (TPSA) is 43.2 Å². The molecule has 2 fully saturated rings. The third-order valence-corrected chi connectivity index (χ3v) is 4.43. The van der Waals surface area contributed by atoms with Crippen LogP contribution in [0.15, 0.2) is 6.07 Å². The van der Waals surface area contributed by atoms with Gasteiger partial charge in [0.2, 0.25) is 0 Å². The molecule has 0 aliphatic carbocycles. The summed E-state index contributed by atoms with van der Waals surface area (Å²) in [6.07, 6.45) is -1.73. The molecule has 2 aliphatic rings. The van der Waals surface area contributed by atoms with Gasteiger partial charge in [-0.15, -0.1) is 0 Å². The monoisotopic (exact) mass is 310 g/mol. The quantitative estimate of drug-likeness (QED) is 0.841. The van der Waals surface area contributed by atoms with Crippen molar-refractivity contribution in [1.82, 2.24) is 4.98 Å². The fourth-order valence-electron chi connectivity index (χ4n) is 3.00. The van der Waals surface area contributed by atoms with E-state index in [1.165, 1.54) is 0 Å². The third-order valence-electron chi connectivity index (χ3n) is 4.43. The lowest BCUT2D eigenvalue weighted by atomic mass is 10.0. The Balaban J connectivity index is 2.13. The molecule has 0 saturated carbocycles. The minimum Gasteiger partial charge on any atom is -0.357 e. The van der Waals surface area contributed by atoms with Crippen molar-refractivity contribution in [2.75, 3.05) is 29.4 Å². The van der Waals surface area contributed by atoms with Crippen molar-refractivity contribution in [3.63, 3.8) is 0 Å². The molecule has 0 N–H and O–H groups in total. The van der Waals surface area contributed by atoms with E-state index in [1.807, 2.05) is 11.8 Å². The molecule has 2 saturated heterocycles. The van der Waals surface area contributed by atoms with Crippen LogP contribution in [0.5, 0.6) is 0 Å². The highest BCUT2D eigenvalue weighted by Crippen LogP contribution is 2.39. The van der Waals surface area contributed by atoms with Crippen molar-refractivity contribution >= 4 is 11.6 Å². The van der Waals surface area contributed by atoms with Gasteiger partial charge >= 0.3 is 6.18 Å². The molecular weight excluding hydrogens is 293 g/mol. The van der Waals surface area contributed by atoms with Crippen molar-refractivity contribution < 1.29 is 13.2 Å². The molecule has 0 bridgehead atoms. The Kier molecular flexibility index (Phi) is 3.63. The summed E-state index contributed by atoms with van der Waals surface area (Å²) < 4.78 is 40.0. The van der Waals surface area contributed by atoms with Crippen molar-refractivity contribution in [1.29, 1.82) is 5.26 Å². The zero-order valence-corrected chi connectivity index (χ0v) is 12.3. The van der Waals surface area contributed by atoms with E-state index in [4.69, 9.17) is 0 Å². The lowest BCUT2D eigenvalue weighted by Gasteiger charge is -2.40. The van der Waals surface area contributed by atoms with Gasteiger partial charge in [0.15, 0.2) is 0 Å². The first kappa shape index (κ1) is 14.9. The standard InChI is InChI=1S/C15H17F3N4/c1-10-4-7-22(10)14-11(9-19)12(15(16,17)18)8-13(20-14)21-5-2-3-6-21/h8,10H,2-7H2,1H3. The van der Waals surface area contributed by atoms with Gasteiger partial charge in [0.1, 0.15) is 23.3 Å². The Morgan fingerprint density at radius 2 is 1.95 bits per heavy atom. The van der Waals surface area contributed by atoms with Gasteiger partial charge in [0, 0.05) is 25.7 Å². The summed E-state index contributed by atoms with van der Waals surface area (Å²) >= 11 is 0. The third kappa shape index (κ3) is 2.47. The normalized spacial score (nSPS) is 21.7. The SMILES string of the molecule is CC1CCN1c1nc(N2CCCC2)cc(C(F)(F)F)c1C#N. The highest BCUT2D eigenvalue weighted by molar-refractivity contribution is 5.65. The predicted octanol–water partition coefficient (Wildman–Crippen LogP) is 3.17. The lowest BCUT2D eigenvalue weighted by molar-refractivity contribution is -0.137. The number of hydrogen-bond donors (Lipinski definition) is 0. The van der Waals surface area contributed by atoms with Gasteiger partial charge in [-0.1, -0.05) is 0 Å². The molecule has 0 amide bonds. The Morgan fingerprint density at radius 3 is 2.41 bits per heavy atom. The van der Waals surface area contributed by atoms with Gasteiger partial charge in [0.05, 0.1) is 5.56 Å². The van der Waals surface area contributed by atoms with Crippen LogP contribution in [-0.4, -0.2) is 30.7 Å². The van der Waals surface area contributed by atoms with Crippen LogP contribution in [-0.2, 0) is 6.18 Å². The maximum absolute atomic E-state index is 13.3. The van der Waals surface area contributed by atoms with E-state index in [1.54, 1.807) is 11.0 Å². The number of nitrogens with zero attached hydrogens (tertiary/aromatic N) is 4. The van der Waals surface area contributed by atoms with E-state index < -0.39 is 11.7 Å². The molecule has 1 aromatic heterocycles. The summed E-state index contributed by atoms with van der Waals surface area (Å²) in [5, 5.41) is 9.24. The fraction of sp³-hybridized carbons (Fsp3) is 0.600. The van der Waals surface area contributed by atoms with Crippen LogP contribution in [0.25, 0.3) is 0 Å². The number of aromatic nitrogens is 1. The number of alkyl halides is 3. The van der Waals surface area contributed by atoms with Crippen LogP contribution in [0, 0.1) is 11.3 Å². The molecule has 118 valence electrons. The summed E-state index contributed by atoms with van der Waals surface area (Å²) in [5.74, 6) is 0.510. The summed E-state index contributed by atoms with van der Waals surface area (Å²) in [5.41, 5.74) is -1.23. The number of halogens is 3. The van der Waals surface area contributed by atoms with E-state index in [0.717, 1.165) is 25.3 Å². The zero-order chi connectivity index (χ0) is 15.9. The fourth-order valence-corrected chi connectivity index (χ4v) is 3.00. The Labute approximate surface area is 127 Å². The van der Waals surface area contributed by atoms with Gasteiger partial charge in [-0.05, 0) is 32.3 Å². The summed E-state index contributed by atoms with van der Waals surface area (Å²) in [6, 6.07) is 2.86. The Bertz CT molecular complexity index is 614. The first-order valence-electron chi connectivity index (χ1n) is 7.45. The molecule has 2 aliphatic heterocycles. The van der Waals surface area contributed by atoms with Gasteiger partial charge in [-0.3, -0.25) is 0 Å². The second kappa shape index (κ2) is 5.34. The molecule has 1 aromatic rings. The molecular formula is C15H17F3N4. The zero-order valence-electron chi connectivity index (χ0n) is 12.3. The van der Waals surface area contributed by atoms with Crippen LogP contribution < -0.4 is 9.80 Å². The van der Waals surface area contributed by atoms with Gasteiger partial charge < -0.3 is 9.80 Å². The molecule has 4 nitrogen and oxygen atoms in total. The van der Waals surface area contributed by atoms with E-state index in [9.17, 15) is 18.4 Å². The Hall–Kier alpha value is -1.97. The number of anilines is 2. The largest absolute Gasteiger partial charge is 0.417 e. The van der Waals surface area contributed by atoms with E-state index in [2.05, 4.69) is 4.98 Å². The van der Waals surface area contributed by atoms with Gasteiger partial charge in [-0.25, -0.2) is 4.98 Å². The maximum atomic E-state index is 13.3. The van der Waals surface area contributed by atoms with Gasteiger partial charge in [-0.2, -0.15) is 18.4 Å². The molecule has 1 unspecified atom stereocenters. The number of hydrogen-bond acceptors (Lipinski definition) is 4. The summed E-state index contributed by atoms with van der Waals surface area (Å²) in [7, 11) is 0. The van der Waals surface area contributed by atoms with Crippen molar-refractivity contribution in [3.8, 4) is 6.07 Å². The average Bonchev–Trinajstić information content (AvgIpc) is 2.98. The number of nitriles is 1. The van der Waals surface area contributed by atoms with Crippen LogP contribution in [0.4, 0.5) is 24.8 Å². The molecule has 0 spiro atoms. The maximum Gasteiger partial charge on any atom is 0.417 e. The van der Waals surface area contributed by atoms with E-state index in [0.29, 0.717) is 25.5 Å². The molecule has 1 atom stereocenters. The minimum absolute atomic E-state index is 0.120. The second-order valence-corrected chi connectivity index (χ2v) is 5.86. The van der Waals surface area contributed by atoms with Crippen LogP contribution >= 0.6 is 0 Å². The van der Waals surface area contributed by atoms with Crippen LogP contribution in [0.3, 0.4) is 0 Å². The predicted molar refractivity (Wildman–Crippen MR) is 76.8 cm³/mol. The molecule has 3 rings (SSSR count). The average molecular weight is 310 g/mol. The van der Waals surface area contributed by atoms with E-state index >= 15 is 0 Å². The molecule has 0 aromatic carbocycles. The summed E-state index contributed by atoms with van der Waals surface area (Å²) in [6.45, 7) is 4.00. The highest BCUT2D eigenvalue weighted by atomic mass is 19.4. The first-order chi connectivity index (χ1) is 10.4. The number of pyridine rings is 1. The second-order valence-electron chi connectivity index (χ2n) is 5.86. The van der Waals surface area contributed by atoms with Crippen molar-refractivity contribution in [3.05, 3.63) is 17.2 Å². The summed E-state index contributed by atoms with van der Waals surface area (Å²) in [4.78, 5) is 8.05. The smallest absolute Gasteiger partial charge is 0.357 e. The number of rotatable bonds is 2. The molecule has 7 heteroatoms. The van der Waals surface area contributed by atoms with Crippen LogP contribution in [0.1, 0.15) is 37.3 Å². The molecule has 22 heavy (non-hydrogen) atoms. The van der Waals surface area contributed by atoms with Crippen LogP contribution in [0.2, 0.25) is 0 Å². The van der Waals surface area contributed by atoms with Crippen molar-refractivity contribution in [2.45, 2.75) is 38.4 Å².